The van der Waals surface area contributed by atoms with Crippen LogP contribution in [0.5, 0.6) is 0 Å². The molecule has 0 bridgehead atoms. The summed E-state index contributed by atoms with van der Waals surface area (Å²) in [4.78, 5) is 0. The van der Waals surface area contributed by atoms with Crippen molar-refractivity contribution in [1.82, 2.24) is 0 Å². The average Bonchev–Trinajstić information content (AvgIpc) is 1.57. The van der Waals surface area contributed by atoms with Crippen molar-refractivity contribution in [1.29, 1.82) is 0 Å². The summed E-state index contributed by atoms with van der Waals surface area (Å²) in [6.45, 7) is 1.83. The fourth-order valence-corrected chi connectivity index (χ4v) is 2.08. The predicted octanol–water partition coefficient (Wildman–Crippen LogP) is 0.974. The predicted molar refractivity (Wildman–Crippen MR) is 37.1 cm³/mol. The van der Waals surface area contributed by atoms with Crippen molar-refractivity contribution in [3.8, 4) is 0 Å². The molecule has 0 atom stereocenters. The van der Waals surface area contributed by atoms with E-state index in [1.807, 2.05) is 6.92 Å². The van der Waals surface area contributed by atoms with Gasteiger partial charge in [-0.1, -0.05) is 6.42 Å². The van der Waals surface area contributed by atoms with Gasteiger partial charge in [-0.2, -0.15) is 0 Å². The highest BCUT2D eigenvalue weighted by atomic mass is 32.2. The van der Waals surface area contributed by atoms with Crippen LogP contribution in [0.15, 0.2) is 0 Å². The zero-order valence-electron chi connectivity index (χ0n) is 5.85. The van der Waals surface area contributed by atoms with Crippen LogP contribution < -0.4 is 0 Å². The van der Waals surface area contributed by atoms with Gasteiger partial charge in [0.05, 0.1) is 4.75 Å². The molecule has 0 aromatic carbocycles. The summed E-state index contributed by atoms with van der Waals surface area (Å²) in [7, 11) is -2.77. The topological polar surface area (TPSA) is 34.1 Å². The van der Waals surface area contributed by atoms with Crippen LogP contribution in [0.2, 0.25) is 0 Å². The second-order valence-electron chi connectivity index (χ2n) is 3.08. The summed E-state index contributed by atoms with van der Waals surface area (Å²) in [5.74, 6) is 0. The Morgan fingerprint density at radius 3 is 1.78 bits per heavy atom. The van der Waals surface area contributed by atoms with Crippen molar-refractivity contribution in [3.63, 3.8) is 0 Å². The van der Waals surface area contributed by atoms with E-state index in [0.717, 1.165) is 19.3 Å². The molecule has 0 spiro atoms. The Kier molecular flexibility index (Phi) is 1.35. The summed E-state index contributed by atoms with van der Waals surface area (Å²) < 4.78 is 21.5. The Morgan fingerprint density at radius 2 is 1.78 bits per heavy atom. The molecule has 2 nitrogen and oxygen atoms in total. The standard InChI is InChI=1S/C6H12O2S/c1-6(4-3-5-6)9(2,7)8/h3-5H2,1-2H3. The van der Waals surface area contributed by atoms with Crippen LogP contribution in [-0.4, -0.2) is 19.4 Å². The minimum Gasteiger partial charge on any atom is -0.229 e. The Morgan fingerprint density at radius 1 is 1.33 bits per heavy atom. The Balaban J connectivity index is 2.84. The molecule has 1 aliphatic rings. The third kappa shape index (κ3) is 0.980. The fraction of sp³-hybridized carbons (Fsp3) is 1.00. The quantitative estimate of drug-likeness (QED) is 0.555. The first kappa shape index (κ1) is 7.06. The van der Waals surface area contributed by atoms with Crippen LogP contribution in [0.3, 0.4) is 0 Å². The molecule has 54 valence electrons. The maximum atomic E-state index is 10.9. The molecule has 0 radical (unpaired) electrons. The molecule has 0 unspecified atom stereocenters. The highest BCUT2D eigenvalue weighted by Gasteiger charge is 2.41. The van der Waals surface area contributed by atoms with E-state index in [9.17, 15) is 8.42 Å². The van der Waals surface area contributed by atoms with Crippen molar-refractivity contribution in [2.24, 2.45) is 0 Å². The van der Waals surface area contributed by atoms with E-state index < -0.39 is 9.84 Å². The van der Waals surface area contributed by atoms with Crippen molar-refractivity contribution in [2.45, 2.75) is 30.9 Å². The van der Waals surface area contributed by atoms with Crippen molar-refractivity contribution >= 4 is 9.84 Å². The largest absolute Gasteiger partial charge is 0.229 e. The van der Waals surface area contributed by atoms with Gasteiger partial charge < -0.3 is 0 Å². The van der Waals surface area contributed by atoms with Crippen LogP contribution >= 0.6 is 0 Å². The molecule has 0 saturated heterocycles. The summed E-state index contributed by atoms with van der Waals surface area (Å²) in [6, 6.07) is 0. The van der Waals surface area contributed by atoms with E-state index in [2.05, 4.69) is 0 Å². The van der Waals surface area contributed by atoms with E-state index in [1.54, 1.807) is 0 Å². The molecule has 0 heterocycles. The molecule has 0 N–H and O–H groups in total. The maximum Gasteiger partial charge on any atom is 0.152 e. The van der Waals surface area contributed by atoms with E-state index >= 15 is 0 Å². The van der Waals surface area contributed by atoms with Crippen molar-refractivity contribution in [3.05, 3.63) is 0 Å². The first-order valence-electron chi connectivity index (χ1n) is 3.15. The summed E-state index contributed by atoms with van der Waals surface area (Å²) in [6.07, 6.45) is 4.10. The zero-order valence-corrected chi connectivity index (χ0v) is 6.66. The van der Waals surface area contributed by atoms with E-state index in [0.29, 0.717) is 0 Å². The van der Waals surface area contributed by atoms with Crippen molar-refractivity contribution < 1.29 is 8.42 Å². The lowest BCUT2D eigenvalue weighted by Crippen LogP contribution is -2.41. The van der Waals surface area contributed by atoms with Gasteiger partial charge in [-0.25, -0.2) is 8.42 Å². The molecule has 1 aliphatic carbocycles. The number of rotatable bonds is 1. The van der Waals surface area contributed by atoms with Crippen LogP contribution in [0.1, 0.15) is 26.2 Å². The van der Waals surface area contributed by atoms with Crippen molar-refractivity contribution in [2.75, 3.05) is 6.26 Å². The first-order chi connectivity index (χ1) is 3.96. The van der Waals surface area contributed by atoms with E-state index in [4.69, 9.17) is 0 Å². The molecule has 1 rings (SSSR count). The summed E-state index contributed by atoms with van der Waals surface area (Å²) >= 11 is 0. The fourth-order valence-electron chi connectivity index (χ4n) is 1.05. The molecule has 0 aromatic rings. The molecule has 0 amide bonds. The third-order valence-electron chi connectivity index (χ3n) is 2.31. The lowest BCUT2D eigenvalue weighted by molar-refractivity contribution is 0.365. The minimum atomic E-state index is -2.77. The SMILES string of the molecule is CC1(S(C)(=O)=O)CCC1. The Hall–Kier alpha value is -0.0500. The molecule has 3 heteroatoms. The van der Waals surface area contributed by atoms with Gasteiger partial charge in [-0.05, 0) is 19.8 Å². The maximum absolute atomic E-state index is 10.9. The van der Waals surface area contributed by atoms with Gasteiger partial charge in [-0.15, -0.1) is 0 Å². The van der Waals surface area contributed by atoms with Gasteiger partial charge in [0.2, 0.25) is 0 Å². The average molecular weight is 148 g/mol. The van der Waals surface area contributed by atoms with Gasteiger partial charge >= 0.3 is 0 Å². The Bertz CT molecular complexity index is 199. The third-order valence-corrected chi connectivity index (χ3v) is 4.50. The van der Waals surface area contributed by atoms with Gasteiger partial charge in [0.15, 0.2) is 9.84 Å². The Labute approximate surface area is 56.2 Å². The van der Waals surface area contributed by atoms with Gasteiger partial charge in [-0.3, -0.25) is 0 Å². The number of hydrogen-bond acceptors (Lipinski definition) is 2. The summed E-state index contributed by atoms with van der Waals surface area (Å²) in [5, 5.41) is 0. The van der Waals surface area contributed by atoms with E-state index in [1.165, 1.54) is 6.26 Å². The van der Waals surface area contributed by atoms with Crippen LogP contribution in [0.25, 0.3) is 0 Å². The van der Waals surface area contributed by atoms with Gasteiger partial charge in [0, 0.05) is 6.26 Å². The van der Waals surface area contributed by atoms with Crippen LogP contribution in [0, 0.1) is 0 Å². The van der Waals surface area contributed by atoms with Crippen LogP contribution in [-0.2, 0) is 9.84 Å². The molecule has 1 saturated carbocycles. The molecular weight excluding hydrogens is 136 g/mol. The highest BCUT2D eigenvalue weighted by Crippen LogP contribution is 2.37. The molecular formula is C6H12O2S. The second kappa shape index (κ2) is 1.72. The molecule has 0 aliphatic heterocycles. The molecule has 9 heavy (non-hydrogen) atoms. The van der Waals surface area contributed by atoms with Gasteiger partial charge in [0.1, 0.15) is 0 Å². The lowest BCUT2D eigenvalue weighted by atomic mass is 9.86. The first-order valence-corrected chi connectivity index (χ1v) is 5.04. The van der Waals surface area contributed by atoms with Crippen LogP contribution in [0.4, 0.5) is 0 Å². The smallest absolute Gasteiger partial charge is 0.152 e. The highest BCUT2D eigenvalue weighted by molar-refractivity contribution is 7.92. The molecule has 1 fully saturated rings. The lowest BCUT2D eigenvalue weighted by Gasteiger charge is -2.35. The number of sulfone groups is 1. The summed E-state index contributed by atoms with van der Waals surface area (Å²) in [5.41, 5.74) is 0. The second-order valence-corrected chi connectivity index (χ2v) is 5.61. The van der Waals surface area contributed by atoms with Gasteiger partial charge in [0.25, 0.3) is 0 Å². The number of hydrogen-bond donors (Lipinski definition) is 0. The monoisotopic (exact) mass is 148 g/mol. The zero-order chi connectivity index (χ0) is 7.12. The normalized spacial score (nSPS) is 25.1. The molecule has 0 aromatic heterocycles. The van der Waals surface area contributed by atoms with E-state index in [-0.39, 0.29) is 4.75 Å². The minimum absolute atomic E-state index is 0.368.